The lowest BCUT2D eigenvalue weighted by atomic mass is 10.0. The Labute approximate surface area is 125 Å². The van der Waals surface area contributed by atoms with E-state index in [4.69, 9.17) is 4.42 Å². The normalized spacial score (nSPS) is 11.5. The van der Waals surface area contributed by atoms with Gasteiger partial charge in [-0.1, -0.05) is 51.9 Å². The molecule has 0 N–H and O–H groups in total. The summed E-state index contributed by atoms with van der Waals surface area (Å²) in [6.45, 7) is 4.23. The summed E-state index contributed by atoms with van der Waals surface area (Å²) >= 11 is 0. The minimum absolute atomic E-state index is 0.275. The Bertz CT molecular complexity index is 832. The third-order valence-electron chi connectivity index (χ3n) is 3.70. The van der Waals surface area contributed by atoms with Gasteiger partial charge in [-0.15, -0.1) is 0 Å². The Morgan fingerprint density at radius 1 is 1.05 bits per heavy atom. The SMILES string of the molecule is CCc1ccc(-c2cc3ccc(PC)cc3oc2=O)cc1. The molecule has 1 unspecified atom stereocenters. The molecule has 3 heteroatoms. The Kier molecular flexibility index (Phi) is 3.90. The van der Waals surface area contributed by atoms with Gasteiger partial charge < -0.3 is 4.42 Å². The van der Waals surface area contributed by atoms with Crippen LogP contribution in [0.25, 0.3) is 22.1 Å². The van der Waals surface area contributed by atoms with E-state index in [1.807, 2.05) is 30.3 Å². The summed E-state index contributed by atoms with van der Waals surface area (Å²) in [5, 5.41) is 2.16. The first-order valence-corrected chi connectivity index (χ1v) is 8.56. The fourth-order valence-corrected chi connectivity index (χ4v) is 2.91. The van der Waals surface area contributed by atoms with Gasteiger partial charge in [-0.05, 0) is 41.6 Å². The summed E-state index contributed by atoms with van der Waals surface area (Å²) in [7, 11) is 0.697. The number of hydrogen-bond donors (Lipinski definition) is 0. The lowest BCUT2D eigenvalue weighted by Crippen LogP contribution is -2.04. The molecule has 3 rings (SSSR count). The predicted octanol–water partition coefficient (Wildman–Crippen LogP) is 3.96. The molecular weight excluding hydrogens is 279 g/mol. The molecule has 0 aliphatic carbocycles. The zero-order chi connectivity index (χ0) is 14.8. The van der Waals surface area contributed by atoms with Crippen LogP contribution in [0, 0.1) is 0 Å². The summed E-state index contributed by atoms with van der Waals surface area (Å²) in [4.78, 5) is 12.2. The van der Waals surface area contributed by atoms with Crippen LogP contribution >= 0.6 is 8.58 Å². The van der Waals surface area contributed by atoms with Crippen molar-refractivity contribution in [2.45, 2.75) is 13.3 Å². The Balaban J connectivity index is 2.14. The van der Waals surface area contributed by atoms with Gasteiger partial charge in [-0.25, -0.2) is 4.79 Å². The summed E-state index contributed by atoms with van der Waals surface area (Å²) in [5.74, 6) is 0. The Morgan fingerprint density at radius 2 is 1.81 bits per heavy atom. The zero-order valence-electron chi connectivity index (χ0n) is 12.1. The molecule has 1 heterocycles. The fourth-order valence-electron chi connectivity index (χ4n) is 2.39. The summed E-state index contributed by atoms with van der Waals surface area (Å²) in [6.07, 6.45) is 0.993. The van der Waals surface area contributed by atoms with Crippen molar-refractivity contribution in [3.8, 4) is 11.1 Å². The van der Waals surface area contributed by atoms with Crippen molar-refractivity contribution < 1.29 is 4.42 Å². The van der Waals surface area contributed by atoms with Gasteiger partial charge in [0.2, 0.25) is 0 Å². The lowest BCUT2D eigenvalue weighted by molar-refractivity contribution is 0.564. The Hall–Kier alpha value is -1.92. The number of benzene rings is 2. The number of aryl methyl sites for hydroxylation is 1. The highest BCUT2D eigenvalue weighted by Gasteiger charge is 2.08. The van der Waals surface area contributed by atoms with Gasteiger partial charge in [0, 0.05) is 5.39 Å². The molecule has 2 nitrogen and oxygen atoms in total. The van der Waals surface area contributed by atoms with Crippen molar-refractivity contribution in [2.75, 3.05) is 6.66 Å². The third kappa shape index (κ3) is 2.77. The maximum absolute atomic E-state index is 12.2. The minimum Gasteiger partial charge on any atom is -0.422 e. The van der Waals surface area contributed by atoms with E-state index >= 15 is 0 Å². The molecule has 106 valence electrons. The lowest BCUT2D eigenvalue weighted by Gasteiger charge is -2.05. The standard InChI is InChI=1S/C18H17O2P/c1-3-12-4-6-13(7-5-12)16-10-14-8-9-15(21-2)11-17(14)20-18(16)19/h4-11,21H,3H2,1-2H3. The average molecular weight is 296 g/mol. The van der Waals surface area contributed by atoms with Crippen molar-refractivity contribution in [2.24, 2.45) is 0 Å². The van der Waals surface area contributed by atoms with Crippen LogP contribution in [-0.4, -0.2) is 6.66 Å². The van der Waals surface area contributed by atoms with E-state index in [1.165, 1.54) is 10.9 Å². The highest BCUT2D eigenvalue weighted by molar-refractivity contribution is 7.46. The Morgan fingerprint density at radius 3 is 2.48 bits per heavy atom. The van der Waals surface area contributed by atoms with E-state index in [0.717, 1.165) is 17.4 Å². The fraction of sp³-hybridized carbons (Fsp3) is 0.167. The van der Waals surface area contributed by atoms with Crippen molar-refractivity contribution in [1.29, 1.82) is 0 Å². The molecule has 0 amide bonds. The molecular formula is C18H17O2P. The first kappa shape index (κ1) is 14.0. The molecule has 0 bridgehead atoms. The smallest absolute Gasteiger partial charge is 0.344 e. The molecule has 3 aromatic rings. The molecule has 0 fully saturated rings. The molecule has 0 aliphatic heterocycles. The molecule has 2 aromatic carbocycles. The molecule has 1 aromatic heterocycles. The maximum atomic E-state index is 12.2. The van der Waals surface area contributed by atoms with Crippen molar-refractivity contribution in [3.05, 3.63) is 64.5 Å². The van der Waals surface area contributed by atoms with Gasteiger partial charge in [-0.3, -0.25) is 0 Å². The van der Waals surface area contributed by atoms with E-state index in [9.17, 15) is 4.79 Å². The number of rotatable bonds is 3. The first-order chi connectivity index (χ1) is 10.2. The third-order valence-corrected chi connectivity index (χ3v) is 4.59. The van der Waals surface area contributed by atoms with Crippen LogP contribution < -0.4 is 10.9 Å². The van der Waals surface area contributed by atoms with E-state index in [-0.39, 0.29) is 5.63 Å². The van der Waals surface area contributed by atoms with Crippen LogP contribution in [0.2, 0.25) is 0 Å². The van der Waals surface area contributed by atoms with E-state index < -0.39 is 0 Å². The van der Waals surface area contributed by atoms with E-state index in [0.29, 0.717) is 19.7 Å². The minimum atomic E-state index is -0.275. The highest BCUT2D eigenvalue weighted by Crippen LogP contribution is 2.22. The first-order valence-electron chi connectivity index (χ1n) is 7.06. The average Bonchev–Trinajstić information content (AvgIpc) is 2.53. The molecule has 0 saturated carbocycles. The second-order valence-corrected chi connectivity index (χ2v) is 6.08. The van der Waals surface area contributed by atoms with Crippen LogP contribution in [0.5, 0.6) is 0 Å². The maximum Gasteiger partial charge on any atom is 0.344 e. The second-order valence-electron chi connectivity index (χ2n) is 5.00. The summed E-state index contributed by atoms with van der Waals surface area (Å²) < 4.78 is 5.50. The van der Waals surface area contributed by atoms with Gasteiger partial charge in [0.05, 0.1) is 5.56 Å². The quantitative estimate of drug-likeness (QED) is 0.541. The molecule has 21 heavy (non-hydrogen) atoms. The predicted molar refractivity (Wildman–Crippen MR) is 91.2 cm³/mol. The van der Waals surface area contributed by atoms with Gasteiger partial charge in [0.1, 0.15) is 5.58 Å². The van der Waals surface area contributed by atoms with Gasteiger partial charge in [-0.2, -0.15) is 0 Å². The number of fused-ring (bicyclic) bond motifs is 1. The molecule has 0 aliphatic rings. The molecule has 0 saturated heterocycles. The monoisotopic (exact) mass is 296 g/mol. The van der Waals surface area contributed by atoms with Crippen molar-refractivity contribution >= 4 is 24.9 Å². The van der Waals surface area contributed by atoms with E-state index in [2.05, 4.69) is 31.8 Å². The van der Waals surface area contributed by atoms with Crippen molar-refractivity contribution in [3.63, 3.8) is 0 Å². The highest BCUT2D eigenvalue weighted by atomic mass is 31.1. The summed E-state index contributed by atoms with van der Waals surface area (Å²) in [5.41, 5.74) is 3.18. The van der Waals surface area contributed by atoms with Crippen LogP contribution in [0.4, 0.5) is 0 Å². The molecule has 0 spiro atoms. The van der Waals surface area contributed by atoms with Gasteiger partial charge in [0.15, 0.2) is 0 Å². The summed E-state index contributed by atoms with van der Waals surface area (Å²) in [6, 6.07) is 16.1. The molecule has 1 atom stereocenters. The van der Waals surface area contributed by atoms with Gasteiger partial charge >= 0.3 is 5.63 Å². The van der Waals surface area contributed by atoms with Crippen LogP contribution in [-0.2, 0) is 6.42 Å². The van der Waals surface area contributed by atoms with Gasteiger partial charge in [0.25, 0.3) is 0 Å². The van der Waals surface area contributed by atoms with Crippen molar-refractivity contribution in [1.82, 2.24) is 0 Å². The van der Waals surface area contributed by atoms with E-state index in [1.54, 1.807) is 0 Å². The van der Waals surface area contributed by atoms with Crippen LogP contribution in [0.15, 0.2) is 57.7 Å². The zero-order valence-corrected chi connectivity index (χ0v) is 13.1. The van der Waals surface area contributed by atoms with Crippen LogP contribution in [0.1, 0.15) is 12.5 Å². The number of hydrogen-bond acceptors (Lipinski definition) is 2. The molecule has 0 radical (unpaired) electrons. The van der Waals surface area contributed by atoms with Crippen LogP contribution in [0.3, 0.4) is 0 Å². The topological polar surface area (TPSA) is 30.2 Å². The largest absolute Gasteiger partial charge is 0.422 e. The second kappa shape index (κ2) is 5.83.